The van der Waals surface area contributed by atoms with Gasteiger partial charge >= 0.3 is 5.97 Å². The molecule has 0 aliphatic carbocycles. The molecule has 2 heteroatoms. The van der Waals surface area contributed by atoms with Crippen LogP contribution in [-0.4, -0.2) is 12.6 Å². The Balaban J connectivity index is 3.07. The van der Waals surface area contributed by atoms with Gasteiger partial charge in [0.2, 0.25) is 0 Å². The number of ether oxygens (including phenoxy) is 1. The number of hydrogen-bond acceptors (Lipinski definition) is 2. The lowest BCUT2D eigenvalue weighted by Crippen LogP contribution is -2.05. The monoisotopic (exact) mass is 509 g/mol. The minimum atomic E-state index is 0.00967. The van der Waals surface area contributed by atoms with Gasteiger partial charge in [0.25, 0.3) is 0 Å². The van der Waals surface area contributed by atoms with Crippen LogP contribution < -0.4 is 0 Å². The molecule has 0 atom stereocenters. The molecule has 0 heterocycles. The maximum absolute atomic E-state index is 11.6. The summed E-state index contributed by atoms with van der Waals surface area (Å²) < 4.78 is 5.34. The fourth-order valence-electron chi connectivity index (χ4n) is 5.20. The fraction of sp³-hybridized carbons (Fsp3) is 0.971. The van der Waals surface area contributed by atoms with E-state index < -0.39 is 0 Å². The number of esters is 1. The van der Waals surface area contributed by atoms with Gasteiger partial charge in [-0.3, -0.25) is 4.79 Å². The van der Waals surface area contributed by atoms with Gasteiger partial charge in [0, 0.05) is 6.42 Å². The van der Waals surface area contributed by atoms with Crippen molar-refractivity contribution in [3.63, 3.8) is 0 Å². The topological polar surface area (TPSA) is 26.3 Å². The standard InChI is InChI=1S/C34H68O2/c1-3-5-7-9-10-11-12-13-14-15-16-17-18-19-20-21-22-23-24-25-26-27-28-29-31-33-36-34(35)32-30-8-6-4-2/h3-33H2,1-2H3. The molecular weight excluding hydrogens is 440 g/mol. The largest absolute Gasteiger partial charge is 0.466 e. The molecule has 0 bridgehead atoms. The summed E-state index contributed by atoms with van der Waals surface area (Å²) in [7, 11) is 0. The van der Waals surface area contributed by atoms with Crippen LogP contribution in [0.4, 0.5) is 0 Å². The van der Waals surface area contributed by atoms with Crippen LogP contribution in [0.1, 0.15) is 206 Å². The van der Waals surface area contributed by atoms with Gasteiger partial charge in [-0.25, -0.2) is 0 Å². The Morgan fingerprint density at radius 2 is 0.611 bits per heavy atom. The Labute approximate surface area is 228 Å². The molecule has 0 aliphatic rings. The van der Waals surface area contributed by atoms with Crippen molar-refractivity contribution in [2.45, 2.75) is 206 Å². The highest BCUT2D eigenvalue weighted by molar-refractivity contribution is 5.69. The first-order valence-corrected chi connectivity index (χ1v) is 17.0. The lowest BCUT2D eigenvalue weighted by molar-refractivity contribution is -0.143. The molecule has 216 valence electrons. The first-order chi connectivity index (χ1) is 17.8. The van der Waals surface area contributed by atoms with Gasteiger partial charge in [-0.05, 0) is 12.8 Å². The third kappa shape index (κ3) is 31.5. The van der Waals surface area contributed by atoms with E-state index in [2.05, 4.69) is 13.8 Å². The molecule has 0 aromatic rings. The number of rotatable bonds is 31. The molecule has 36 heavy (non-hydrogen) atoms. The van der Waals surface area contributed by atoms with E-state index in [9.17, 15) is 4.79 Å². The summed E-state index contributed by atoms with van der Waals surface area (Å²) in [4.78, 5) is 11.6. The van der Waals surface area contributed by atoms with E-state index in [-0.39, 0.29) is 5.97 Å². The van der Waals surface area contributed by atoms with E-state index in [1.807, 2.05) is 0 Å². The van der Waals surface area contributed by atoms with Crippen molar-refractivity contribution in [1.29, 1.82) is 0 Å². The highest BCUT2D eigenvalue weighted by Crippen LogP contribution is 2.16. The van der Waals surface area contributed by atoms with Crippen LogP contribution in [0.25, 0.3) is 0 Å². The Kier molecular flexibility index (Phi) is 32.0. The van der Waals surface area contributed by atoms with E-state index in [1.54, 1.807) is 0 Å². The van der Waals surface area contributed by atoms with E-state index in [0.29, 0.717) is 13.0 Å². The summed E-state index contributed by atoms with van der Waals surface area (Å²) in [6, 6.07) is 0. The lowest BCUT2D eigenvalue weighted by Gasteiger charge is -2.05. The second kappa shape index (κ2) is 32.5. The molecule has 0 aromatic heterocycles. The van der Waals surface area contributed by atoms with E-state index >= 15 is 0 Å². The number of hydrogen-bond donors (Lipinski definition) is 0. The van der Waals surface area contributed by atoms with Gasteiger partial charge in [-0.15, -0.1) is 0 Å². The fourth-order valence-corrected chi connectivity index (χ4v) is 5.20. The third-order valence-corrected chi connectivity index (χ3v) is 7.75. The van der Waals surface area contributed by atoms with Gasteiger partial charge < -0.3 is 4.74 Å². The molecule has 0 saturated carbocycles. The second-order valence-corrected chi connectivity index (χ2v) is 11.5. The van der Waals surface area contributed by atoms with Crippen LogP contribution in [0.3, 0.4) is 0 Å². The Hall–Kier alpha value is -0.530. The van der Waals surface area contributed by atoms with Gasteiger partial charge in [-0.1, -0.05) is 187 Å². The lowest BCUT2D eigenvalue weighted by atomic mass is 10.0. The Morgan fingerprint density at radius 1 is 0.361 bits per heavy atom. The number of carbonyl (C=O) groups excluding carboxylic acids is 1. The minimum absolute atomic E-state index is 0.00967. The Morgan fingerprint density at radius 3 is 0.917 bits per heavy atom. The highest BCUT2D eigenvalue weighted by Gasteiger charge is 2.02. The summed E-state index contributed by atoms with van der Waals surface area (Å²) in [5.41, 5.74) is 0. The average Bonchev–Trinajstić information content (AvgIpc) is 2.88. The molecule has 0 radical (unpaired) electrons. The van der Waals surface area contributed by atoms with E-state index in [1.165, 1.54) is 167 Å². The van der Waals surface area contributed by atoms with Crippen LogP contribution in [-0.2, 0) is 9.53 Å². The van der Waals surface area contributed by atoms with Crippen LogP contribution in [0.5, 0.6) is 0 Å². The molecule has 0 rings (SSSR count). The van der Waals surface area contributed by atoms with Crippen LogP contribution in [0.2, 0.25) is 0 Å². The predicted octanol–water partition coefficient (Wildman–Crippen LogP) is 12.3. The van der Waals surface area contributed by atoms with Gasteiger partial charge in [-0.2, -0.15) is 0 Å². The number of carbonyl (C=O) groups is 1. The van der Waals surface area contributed by atoms with Gasteiger partial charge in [0.05, 0.1) is 6.61 Å². The minimum Gasteiger partial charge on any atom is -0.466 e. The quantitative estimate of drug-likeness (QED) is 0.0687. The van der Waals surface area contributed by atoms with Gasteiger partial charge in [0.1, 0.15) is 0 Å². The van der Waals surface area contributed by atoms with Crippen molar-refractivity contribution in [2.24, 2.45) is 0 Å². The SMILES string of the molecule is CCCCCCCCCCCCCCCCCCCCCCCCCCCOC(=O)CCCCCC. The normalized spacial score (nSPS) is 11.3. The molecule has 2 nitrogen and oxygen atoms in total. The van der Waals surface area contributed by atoms with Crippen molar-refractivity contribution in [1.82, 2.24) is 0 Å². The number of unbranched alkanes of at least 4 members (excludes halogenated alkanes) is 27. The first kappa shape index (κ1) is 35.5. The Bertz CT molecular complexity index is 406. The van der Waals surface area contributed by atoms with Crippen molar-refractivity contribution in [3.8, 4) is 0 Å². The first-order valence-electron chi connectivity index (χ1n) is 17.0. The molecule has 0 spiro atoms. The molecule has 0 aromatic carbocycles. The van der Waals surface area contributed by atoms with Crippen molar-refractivity contribution in [3.05, 3.63) is 0 Å². The summed E-state index contributed by atoms with van der Waals surface area (Å²) in [5.74, 6) is 0.00967. The molecular formula is C34H68O2. The maximum Gasteiger partial charge on any atom is 0.305 e. The second-order valence-electron chi connectivity index (χ2n) is 11.5. The summed E-state index contributed by atoms with van der Waals surface area (Å²) in [6.07, 6.45) is 40.6. The predicted molar refractivity (Wildman–Crippen MR) is 161 cm³/mol. The zero-order valence-corrected chi connectivity index (χ0v) is 25.2. The molecule has 0 fully saturated rings. The van der Waals surface area contributed by atoms with Crippen LogP contribution in [0.15, 0.2) is 0 Å². The van der Waals surface area contributed by atoms with Crippen LogP contribution >= 0.6 is 0 Å². The van der Waals surface area contributed by atoms with Crippen molar-refractivity contribution >= 4 is 5.97 Å². The molecule has 0 N–H and O–H groups in total. The van der Waals surface area contributed by atoms with Crippen LogP contribution in [0, 0.1) is 0 Å². The molecule has 0 unspecified atom stereocenters. The van der Waals surface area contributed by atoms with Gasteiger partial charge in [0.15, 0.2) is 0 Å². The molecule has 0 amide bonds. The smallest absolute Gasteiger partial charge is 0.305 e. The summed E-state index contributed by atoms with van der Waals surface area (Å²) in [6.45, 7) is 5.13. The van der Waals surface area contributed by atoms with Crippen molar-refractivity contribution in [2.75, 3.05) is 6.61 Å². The van der Waals surface area contributed by atoms with Crippen molar-refractivity contribution < 1.29 is 9.53 Å². The zero-order chi connectivity index (χ0) is 26.2. The van der Waals surface area contributed by atoms with E-state index in [0.717, 1.165) is 19.3 Å². The maximum atomic E-state index is 11.6. The zero-order valence-electron chi connectivity index (χ0n) is 25.2. The molecule has 0 saturated heterocycles. The highest BCUT2D eigenvalue weighted by atomic mass is 16.5. The van der Waals surface area contributed by atoms with E-state index in [4.69, 9.17) is 4.74 Å². The molecule has 0 aliphatic heterocycles. The third-order valence-electron chi connectivity index (χ3n) is 7.75. The summed E-state index contributed by atoms with van der Waals surface area (Å²) in [5, 5.41) is 0. The average molecular weight is 509 g/mol. The summed E-state index contributed by atoms with van der Waals surface area (Å²) >= 11 is 0.